The fourth-order valence-corrected chi connectivity index (χ4v) is 1.60. The molecule has 0 aliphatic heterocycles. The quantitative estimate of drug-likeness (QED) is 0.376. The molecule has 18 heavy (non-hydrogen) atoms. The lowest BCUT2D eigenvalue weighted by molar-refractivity contribution is 0.317. The summed E-state index contributed by atoms with van der Waals surface area (Å²) in [5, 5.41) is 11.5. The number of oxime groups is 1. The molecular formula is C13H15N3O2. The fourth-order valence-electron chi connectivity index (χ4n) is 1.60. The molecule has 5 nitrogen and oxygen atoms in total. The van der Waals surface area contributed by atoms with Gasteiger partial charge < -0.3 is 20.3 Å². The van der Waals surface area contributed by atoms with Gasteiger partial charge in [-0.3, -0.25) is 0 Å². The monoisotopic (exact) mass is 245 g/mol. The van der Waals surface area contributed by atoms with Crippen LogP contribution in [0.25, 0.3) is 11.3 Å². The van der Waals surface area contributed by atoms with Crippen LogP contribution in [0, 0.1) is 0 Å². The van der Waals surface area contributed by atoms with Gasteiger partial charge in [0.1, 0.15) is 5.76 Å². The van der Waals surface area contributed by atoms with Gasteiger partial charge in [0.05, 0.1) is 0 Å². The van der Waals surface area contributed by atoms with Crippen molar-refractivity contribution in [1.82, 2.24) is 0 Å². The summed E-state index contributed by atoms with van der Waals surface area (Å²) >= 11 is 0. The van der Waals surface area contributed by atoms with Crippen molar-refractivity contribution in [2.45, 2.75) is 0 Å². The summed E-state index contributed by atoms with van der Waals surface area (Å²) in [5.74, 6) is 0.997. The third-order valence-electron chi connectivity index (χ3n) is 2.63. The molecule has 1 aromatic carbocycles. The summed E-state index contributed by atoms with van der Waals surface area (Å²) in [6, 6.07) is 11.4. The van der Waals surface area contributed by atoms with Crippen LogP contribution >= 0.6 is 0 Å². The predicted octanol–water partition coefficient (Wildman–Crippen LogP) is 2.11. The van der Waals surface area contributed by atoms with Crippen LogP contribution in [0.1, 0.15) is 5.76 Å². The van der Waals surface area contributed by atoms with Crippen LogP contribution in [0.3, 0.4) is 0 Å². The molecule has 0 atom stereocenters. The highest BCUT2D eigenvalue weighted by molar-refractivity contribution is 5.94. The lowest BCUT2D eigenvalue weighted by atomic mass is 10.1. The SMILES string of the molecule is CN(C)c1ccc(-c2ccc(C(N)=NO)o2)cc1. The molecule has 1 aromatic heterocycles. The van der Waals surface area contributed by atoms with Crippen LogP contribution in [0.15, 0.2) is 46.0 Å². The third kappa shape index (κ3) is 2.29. The Morgan fingerprint density at radius 3 is 2.39 bits per heavy atom. The van der Waals surface area contributed by atoms with E-state index in [1.807, 2.05) is 43.3 Å². The maximum Gasteiger partial charge on any atom is 0.205 e. The first-order valence-electron chi connectivity index (χ1n) is 5.47. The van der Waals surface area contributed by atoms with Crippen LogP contribution in [-0.4, -0.2) is 25.1 Å². The number of anilines is 1. The van der Waals surface area contributed by atoms with Gasteiger partial charge in [-0.05, 0) is 36.4 Å². The van der Waals surface area contributed by atoms with Crippen LogP contribution in [0.2, 0.25) is 0 Å². The van der Waals surface area contributed by atoms with Crippen molar-refractivity contribution in [1.29, 1.82) is 0 Å². The van der Waals surface area contributed by atoms with Crippen molar-refractivity contribution in [2.75, 3.05) is 19.0 Å². The van der Waals surface area contributed by atoms with Gasteiger partial charge in [-0.1, -0.05) is 5.16 Å². The van der Waals surface area contributed by atoms with Gasteiger partial charge in [0.15, 0.2) is 5.76 Å². The highest BCUT2D eigenvalue weighted by atomic mass is 16.4. The topological polar surface area (TPSA) is 75.0 Å². The zero-order valence-electron chi connectivity index (χ0n) is 10.3. The number of nitrogens with zero attached hydrogens (tertiary/aromatic N) is 2. The Kier molecular flexibility index (Phi) is 3.23. The predicted molar refractivity (Wildman–Crippen MR) is 71.0 cm³/mol. The van der Waals surface area contributed by atoms with Gasteiger partial charge in [-0.25, -0.2) is 0 Å². The number of benzene rings is 1. The second kappa shape index (κ2) is 4.83. The van der Waals surface area contributed by atoms with Crippen molar-refractivity contribution in [3.8, 4) is 11.3 Å². The molecule has 0 unspecified atom stereocenters. The summed E-state index contributed by atoms with van der Waals surface area (Å²) < 4.78 is 5.49. The molecular weight excluding hydrogens is 230 g/mol. The lowest BCUT2D eigenvalue weighted by Gasteiger charge is -2.12. The van der Waals surface area contributed by atoms with E-state index in [0.29, 0.717) is 11.5 Å². The van der Waals surface area contributed by atoms with Crippen LogP contribution in [0.4, 0.5) is 5.69 Å². The summed E-state index contributed by atoms with van der Waals surface area (Å²) in [6.07, 6.45) is 0. The van der Waals surface area contributed by atoms with Crippen LogP contribution in [0.5, 0.6) is 0 Å². The molecule has 0 radical (unpaired) electrons. The minimum Gasteiger partial charge on any atom is -0.453 e. The average Bonchev–Trinajstić information content (AvgIpc) is 2.87. The Morgan fingerprint density at radius 1 is 1.17 bits per heavy atom. The molecule has 3 N–H and O–H groups in total. The number of hydrogen-bond donors (Lipinski definition) is 2. The maximum absolute atomic E-state index is 8.56. The molecule has 0 aliphatic rings. The summed E-state index contributed by atoms with van der Waals surface area (Å²) in [7, 11) is 3.97. The maximum atomic E-state index is 8.56. The number of hydrogen-bond acceptors (Lipinski definition) is 4. The number of amidine groups is 1. The summed E-state index contributed by atoms with van der Waals surface area (Å²) in [4.78, 5) is 2.02. The van der Waals surface area contributed by atoms with E-state index in [9.17, 15) is 0 Å². The van der Waals surface area contributed by atoms with Gasteiger partial charge in [0.25, 0.3) is 0 Å². The number of rotatable bonds is 3. The minimum absolute atomic E-state index is 0.0360. The van der Waals surface area contributed by atoms with E-state index in [1.54, 1.807) is 12.1 Å². The number of nitrogens with two attached hydrogens (primary N) is 1. The van der Waals surface area contributed by atoms with E-state index in [2.05, 4.69) is 5.16 Å². The number of furan rings is 1. The Bertz CT molecular complexity index is 556. The molecule has 2 rings (SSSR count). The Morgan fingerprint density at radius 2 is 1.83 bits per heavy atom. The van der Waals surface area contributed by atoms with Crippen molar-refractivity contribution in [3.63, 3.8) is 0 Å². The standard InChI is InChI=1S/C13H15N3O2/c1-16(2)10-5-3-9(4-6-10)11-7-8-12(18-11)13(14)15-17/h3-8,17H,1-2H3,(H2,14,15). The molecule has 2 aromatic rings. The molecule has 94 valence electrons. The fraction of sp³-hybridized carbons (Fsp3) is 0.154. The largest absolute Gasteiger partial charge is 0.453 e. The minimum atomic E-state index is -0.0360. The molecule has 0 spiro atoms. The lowest BCUT2D eigenvalue weighted by Crippen LogP contribution is -2.11. The molecule has 5 heteroatoms. The Labute approximate surface area is 105 Å². The third-order valence-corrected chi connectivity index (χ3v) is 2.63. The van der Waals surface area contributed by atoms with Gasteiger partial charge in [0.2, 0.25) is 5.84 Å². The van der Waals surface area contributed by atoms with Crippen molar-refractivity contribution in [3.05, 3.63) is 42.2 Å². The summed E-state index contributed by atoms with van der Waals surface area (Å²) in [5.41, 5.74) is 7.50. The van der Waals surface area contributed by atoms with Crippen molar-refractivity contribution < 1.29 is 9.62 Å². The second-order valence-electron chi connectivity index (χ2n) is 4.09. The Hall–Kier alpha value is -2.43. The second-order valence-corrected chi connectivity index (χ2v) is 4.09. The smallest absolute Gasteiger partial charge is 0.205 e. The molecule has 0 amide bonds. The highest BCUT2D eigenvalue weighted by Gasteiger charge is 2.08. The molecule has 0 fully saturated rings. The first-order valence-corrected chi connectivity index (χ1v) is 5.47. The van der Waals surface area contributed by atoms with E-state index in [4.69, 9.17) is 15.4 Å². The molecule has 1 heterocycles. The first kappa shape index (κ1) is 12.0. The van der Waals surface area contributed by atoms with Gasteiger partial charge in [-0.15, -0.1) is 0 Å². The van der Waals surface area contributed by atoms with Gasteiger partial charge in [-0.2, -0.15) is 0 Å². The zero-order valence-corrected chi connectivity index (χ0v) is 10.3. The van der Waals surface area contributed by atoms with E-state index < -0.39 is 0 Å². The highest BCUT2D eigenvalue weighted by Crippen LogP contribution is 2.24. The summed E-state index contributed by atoms with van der Waals surface area (Å²) in [6.45, 7) is 0. The zero-order chi connectivity index (χ0) is 13.1. The molecule has 0 aliphatic carbocycles. The van der Waals surface area contributed by atoms with E-state index in [1.165, 1.54) is 0 Å². The molecule has 0 saturated carbocycles. The van der Waals surface area contributed by atoms with Crippen LogP contribution in [-0.2, 0) is 0 Å². The molecule has 0 saturated heterocycles. The average molecular weight is 245 g/mol. The van der Waals surface area contributed by atoms with Gasteiger partial charge in [0, 0.05) is 25.3 Å². The molecule has 0 bridgehead atoms. The normalized spacial score (nSPS) is 11.6. The van der Waals surface area contributed by atoms with E-state index in [0.717, 1.165) is 11.3 Å². The van der Waals surface area contributed by atoms with E-state index in [-0.39, 0.29) is 5.84 Å². The van der Waals surface area contributed by atoms with Crippen molar-refractivity contribution >= 4 is 11.5 Å². The first-order chi connectivity index (χ1) is 8.61. The van der Waals surface area contributed by atoms with Gasteiger partial charge >= 0.3 is 0 Å². The van der Waals surface area contributed by atoms with Crippen LogP contribution < -0.4 is 10.6 Å². The van der Waals surface area contributed by atoms with E-state index >= 15 is 0 Å². The van der Waals surface area contributed by atoms with Crippen molar-refractivity contribution in [2.24, 2.45) is 10.9 Å². The Balaban J connectivity index is 2.29.